The highest BCUT2D eigenvalue weighted by Gasteiger charge is 2.51. The van der Waals surface area contributed by atoms with Crippen LogP contribution in [0.1, 0.15) is 39.5 Å². The van der Waals surface area contributed by atoms with E-state index in [4.69, 9.17) is 10.9 Å². The van der Waals surface area contributed by atoms with Gasteiger partial charge in [0.05, 0.1) is 0 Å². The molecule has 1 saturated carbocycles. The summed E-state index contributed by atoms with van der Waals surface area (Å²) in [5.41, 5.74) is 5.04. The smallest absolute Gasteiger partial charge is 0.236 e. The predicted octanol–water partition coefficient (Wildman–Crippen LogP) is 0.846. The Labute approximate surface area is 120 Å². The number of amidine groups is 1. The van der Waals surface area contributed by atoms with Gasteiger partial charge in [-0.3, -0.25) is 9.69 Å². The molecule has 2 rings (SSSR count). The molecule has 0 bridgehead atoms. The van der Waals surface area contributed by atoms with Gasteiger partial charge in [0.25, 0.3) is 0 Å². The number of hydrogen-bond acceptors (Lipinski definition) is 4. The second-order valence-electron chi connectivity index (χ2n) is 5.84. The average Bonchev–Trinajstić information content (AvgIpc) is 2.88. The van der Waals surface area contributed by atoms with Crippen LogP contribution in [0.3, 0.4) is 0 Å². The van der Waals surface area contributed by atoms with Gasteiger partial charge in [0.2, 0.25) is 5.91 Å². The van der Waals surface area contributed by atoms with Crippen LogP contribution in [0.5, 0.6) is 0 Å². The average molecular weight is 282 g/mol. The zero-order chi connectivity index (χ0) is 14.8. The van der Waals surface area contributed by atoms with Gasteiger partial charge in [-0.2, -0.15) is 0 Å². The largest absolute Gasteiger partial charge is 0.409 e. The lowest BCUT2D eigenvalue weighted by Crippen LogP contribution is -2.55. The van der Waals surface area contributed by atoms with Crippen molar-refractivity contribution < 1.29 is 10.0 Å². The van der Waals surface area contributed by atoms with Crippen molar-refractivity contribution >= 4 is 11.7 Å². The third kappa shape index (κ3) is 2.37. The number of likely N-dealkylation sites (tertiary alicyclic amines) is 1. The molecule has 114 valence electrons. The Morgan fingerprint density at radius 3 is 2.55 bits per heavy atom. The lowest BCUT2D eigenvalue weighted by atomic mass is 9.67. The van der Waals surface area contributed by atoms with Gasteiger partial charge in [-0.1, -0.05) is 25.4 Å². The van der Waals surface area contributed by atoms with E-state index < -0.39 is 5.41 Å². The lowest BCUT2D eigenvalue weighted by molar-refractivity contribution is -0.141. The van der Waals surface area contributed by atoms with E-state index in [1.165, 1.54) is 0 Å². The summed E-state index contributed by atoms with van der Waals surface area (Å²) in [7, 11) is 0. The second kappa shape index (κ2) is 5.99. The lowest BCUT2D eigenvalue weighted by Gasteiger charge is -2.41. The first-order valence-electron chi connectivity index (χ1n) is 7.60. The van der Waals surface area contributed by atoms with Crippen LogP contribution >= 0.6 is 0 Å². The maximum atomic E-state index is 12.7. The number of amides is 1. The Hall–Kier alpha value is -1.30. The standard InChI is InChI=1S/C14H26N4O2/c1-3-17(4-2)11-6-9-18(10-11)13(19)14(7-5-8-14)12(15)16-20/h11,20H,3-10H2,1-2H3,(H2,15,16). The minimum Gasteiger partial charge on any atom is -0.409 e. The van der Waals surface area contributed by atoms with Gasteiger partial charge >= 0.3 is 0 Å². The molecule has 1 amide bonds. The molecule has 0 aromatic rings. The molecular formula is C14H26N4O2. The minimum atomic E-state index is -0.729. The van der Waals surface area contributed by atoms with Crippen LogP contribution in [0.4, 0.5) is 0 Å². The number of carbonyl (C=O) groups is 1. The van der Waals surface area contributed by atoms with Crippen molar-refractivity contribution in [1.29, 1.82) is 0 Å². The fourth-order valence-electron chi connectivity index (χ4n) is 3.47. The van der Waals surface area contributed by atoms with E-state index >= 15 is 0 Å². The van der Waals surface area contributed by atoms with E-state index in [0.29, 0.717) is 18.9 Å². The first-order chi connectivity index (χ1) is 9.58. The van der Waals surface area contributed by atoms with E-state index in [0.717, 1.165) is 39.0 Å². The van der Waals surface area contributed by atoms with Crippen LogP contribution in [0.2, 0.25) is 0 Å². The highest BCUT2D eigenvalue weighted by atomic mass is 16.4. The first-order valence-corrected chi connectivity index (χ1v) is 7.60. The van der Waals surface area contributed by atoms with Crippen LogP contribution in [-0.2, 0) is 4.79 Å². The normalized spacial score (nSPS) is 25.9. The molecule has 6 heteroatoms. The minimum absolute atomic E-state index is 0.0497. The van der Waals surface area contributed by atoms with Crippen LogP contribution in [-0.4, -0.2) is 59.0 Å². The summed E-state index contributed by atoms with van der Waals surface area (Å²) in [6.45, 7) is 7.86. The molecule has 2 aliphatic rings. The molecule has 0 aromatic carbocycles. The SMILES string of the molecule is CCN(CC)C1CCN(C(=O)C2(C(N)=NO)CCC2)C1. The third-order valence-corrected chi connectivity index (χ3v) is 4.99. The predicted molar refractivity (Wildman–Crippen MR) is 77.6 cm³/mol. The van der Waals surface area contributed by atoms with Crippen LogP contribution < -0.4 is 5.73 Å². The van der Waals surface area contributed by atoms with Crippen molar-refractivity contribution in [3.63, 3.8) is 0 Å². The van der Waals surface area contributed by atoms with Crippen LogP contribution in [0.15, 0.2) is 5.16 Å². The van der Waals surface area contributed by atoms with E-state index in [2.05, 4.69) is 23.9 Å². The molecule has 3 N–H and O–H groups in total. The molecule has 1 aliphatic carbocycles. The highest BCUT2D eigenvalue weighted by Crippen LogP contribution is 2.43. The molecule has 20 heavy (non-hydrogen) atoms. The molecular weight excluding hydrogens is 256 g/mol. The van der Waals surface area contributed by atoms with E-state index in [1.54, 1.807) is 0 Å². The third-order valence-electron chi connectivity index (χ3n) is 4.99. The highest BCUT2D eigenvalue weighted by molar-refractivity contribution is 6.07. The number of oxime groups is 1. The quantitative estimate of drug-likeness (QED) is 0.339. The first kappa shape index (κ1) is 15.1. The summed E-state index contributed by atoms with van der Waals surface area (Å²) in [6.07, 6.45) is 3.39. The van der Waals surface area contributed by atoms with E-state index in [9.17, 15) is 4.79 Å². The van der Waals surface area contributed by atoms with Gasteiger partial charge in [0.15, 0.2) is 5.84 Å². The Kier molecular flexibility index (Phi) is 4.52. The summed E-state index contributed by atoms with van der Waals surface area (Å²) < 4.78 is 0. The van der Waals surface area contributed by atoms with E-state index in [1.807, 2.05) is 4.90 Å². The van der Waals surface area contributed by atoms with Crippen molar-refractivity contribution in [2.75, 3.05) is 26.2 Å². The second-order valence-corrected chi connectivity index (χ2v) is 5.84. The van der Waals surface area contributed by atoms with Crippen molar-refractivity contribution in [1.82, 2.24) is 9.80 Å². The molecule has 1 saturated heterocycles. The Morgan fingerprint density at radius 1 is 1.45 bits per heavy atom. The van der Waals surface area contributed by atoms with E-state index in [-0.39, 0.29) is 11.7 Å². The molecule has 1 aliphatic heterocycles. The Balaban J connectivity index is 2.04. The Bertz CT molecular complexity index is 389. The molecule has 1 heterocycles. The molecule has 6 nitrogen and oxygen atoms in total. The summed E-state index contributed by atoms with van der Waals surface area (Å²) in [5.74, 6) is 0.133. The molecule has 1 atom stereocenters. The van der Waals surface area contributed by atoms with Gasteiger partial charge in [0.1, 0.15) is 5.41 Å². The number of nitrogens with zero attached hydrogens (tertiary/aromatic N) is 3. The molecule has 0 spiro atoms. The van der Waals surface area contributed by atoms with Gasteiger partial charge in [-0.15, -0.1) is 0 Å². The van der Waals surface area contributed by atoms with Crippen molar-refractivity contribution in [2.45, 2.75) is 45.6 Å². The number of carbonyl (C=O) groups excluding carboxylic acids is 1. The monoisotopic (exact) mass is 282 g/mol. The van der Waals surface area contributed by atoms with Crippen LogP contribution in [0, 0.1) is 5.41 Å². The summed E-state index contributed by atoms with van der Waals surface area (Å²) in [4.78, 5) is 17.0. The zero-order valence-electron chi connectivity index (χ0n) is 12.5. The van der Waals surface area contributed by atoms with Gasteiger partial charge in [0, 0.05) is 19.1 Å². The number of hydrogen-bond donors (Lipinski definition) is 2. The van der Waals surface area contributed by atoms with Crippen molar-refractivity contribution in [2.24, 2.45) is 16.3 Å². The summed E-state index contributed by atoms with van der Waals surface area (Å²) in [6, 6.07) is 0.443. The number of rotatable bonds is 5. The number of nitrogens with two attached hydrogens (primary N) is 1. The van der Waals surface area contributed by atoms with Gasteiger partial charge in [-0.05, 0) is 32.4 Å². The fourth-order valence-corrected chi connectivity index (χ4v) is 3.47. The molecule has 0 aromatic heterocycles. The zero-order valence-corrected chi connectivity index (χ0v) is 12.5. The van der Waals surface area contributed by atoms with Crippen LogP contribution in [0.25, 0.3) is 0 Å². The number of likely N-dealkylation sites (N-methyl/N-ethyl adjacent to an activating group) is 1. The maximum absolute atomic E-state index is 12.7. The van der Waals surface area contributed by atoms with Gasteiger partial charge < -0.3 is 15.8 Å². The van der Waals surface area contributed by atoms with Crippen molar-refractivity contribution in [3.05, 3.63) is 0 Å². The summed E-state index contributed by atoms with van der Waals surface area (Å²) in [5, 5.41) is 12.0. The molecule has 2 fully saturated rings. The maximum Gasteiger partial charge on any atom is 0.236 e. The van der Waals surface area contributed by atoms with Gasteiger partial charge in [-0.25, -0.2) is 0 Å². The Morgan fingerprint density at radius 2 is 2.10 bits per heavy atom. The fraction of sp³-hybridized carbons (Fsp3) is 0.857. The molecule has 0 radical (unpaired) electrons. The molecule has 1 unspecified atom stereocenters. The van der Waals surface area contributed by atoms with Crippen molar-refractivity contribution in [3.8, 4) is 0 Å². The topological polar surface area (TPSA) is 82.2 Å². The summed E-state index contributed by atoms with van der Waals surface area (Å²) >= 11 is 0.